The first-order valence-corrected chi connectivity index (χ1v) is 7.10. The van der Waals surface area contributed by atoms with Crippen LogP contribution in [0.4, 0.5) is 0 Å². The molecule has 0 aliphatic heterocycles. The van der Waals surface area contributed by atoms with Crippen LogP contribution >= 0.6 is 0 Å². The largest absolute Gasteiger partial charge is 0.489 e. The summed E-state index contributed by atoms with van der Waals surface area (Å²) in [4.78, 5) is 0. The summed E-state index contributed by atoms with van der Waals surface area (Å²) in [6.45, 7) is 10.7. The molecule has 0 aliphatic carbocycles. The summed E-state index contributed by atoms with van der Waals surface area (Å²) >= 11 is 0. The maximum absolute atomic E-state index is 5.87. The molecule has 1 atom stereocenters. The van der Waals surface area contributed by atoms with E-state index in [1.807, 2.05) is 0 Å². The Hall–Kier alpha value is -1.02. The van der Waals surface area contributed by atoms with Crippen LogP contribution in [0.3, 0.4) is 0 Å². The number of benzene rings is 1. The zero-order chi connectivity index (χ0) is 13.4. The van der Waals surface area contributed by atoms with E-state index in [-0.39, 0.29) is 6.10 Å². The minimum absolute atomic E-state index is 0.215. The fourth-order valence-corrected chi connectivity index (χ4v) is 1.81. The fourth-order valence-electron chi connectivity index (χ4n) is 1.81. The van der Waals surface area contributed by atoms with Gasteiger partial charge < -0.3 is 10.1 Å². The summed E-state index contributed by atoms with van der Waals surface area (Å²) in [5.74, 6) is 1.54. The highest BCUT2D eigenvalue weighted by atomic mass is 16.5. The summed E-state index contributed by atoms with van der Waals surface area (Å²) in [7, 11) is 0. The van der Waals surface area contributed by atoms with Gasteiger partial charge in [0.25, 0.3) is 0 Å². The molecule has 0 fully saturated rings. The Balaban J connectivity index is 2.32. The smallest absolute Gasteiger partial charge is 0.119 e. The number of rotatable bonds is 8. The molecule has 1 aromatic rings. The Labute approximate surface area is 112 Å². The van der Waals surface area contributed by atoms with Crippen LogP contribution < -0.4 is 10.1 Å². The van der Waals surface area contributed by atoms with Crippen LogP contribution in [0.1, 0.15) is 52.0 Å². The van der Waals surface area contributed by atoms with Crippen molar-refractivity contribution in [3.63, 3.8) is 0 Å². The third-order valence-corrected chi connectivity index (χ3v) is 3.02. The molecule has 1 aromatic carbocycles. The van der Waals surface area contributed by atoms with Crippen molar-refractivity contribution < 1.29 is 4.74 Å². The van der Waals surface area contributed by atoms with Crippen LogP contribution in [0, 0.1) is 0 Å². The van der Waals surface area contributed by atoms with Gasteiger partial charge >= 0.3 is 0 Å². The van der Waals surface area contributed by atoms with Gasteiger partial charge in [0.15, 0.2) is 0 Å². The zero-order valence-electron chi connectivity index (χ0n) is 12.2. The number of unbranched alkanes of at least 4 members (excludes halogenated alkanes) is 1. The maximum atomic E-state index is 5.87. The quantitative estimate of drug-likeness (QED) is 0.704. The lowest BCUT2D eigenvalue weighted by molar-refractivity contribution is 0.217. The van der Waals surface area contributed by atoms with Crippen molar-refractivity contribution in [2.75, 3.05) is 13.1 Å². The van der Waals surface area contributed by atoms with Gasteiger partial charge in [0, 0.05) is 6.54 Å². The standard InChI is InChI=1S/C16H27NO/c1-5-6-11-17-12-14(4)18-16-9-7-15(8-10-16)13(2)3/h7-10,13-14,17H,5-6,11-12H2,1-4H3. The second kappa shape index (κ2) is 8.15. The predicted molar refractivity (Wildman–Crippen MR) is 78.4 cm³/mol. The summed E-state index contributed by atoms with van der Waals surface area (Å²) in [6.07, 6.45) is 2.68. The van der Waals surface area contributed by atoms with Crippen LogP contribution in [0.15, 0.2) is 24.3 Å². The number of hydrogen-bond acceptors (Lipinski definition) is 2. The van der Waals surface area contributed by atoms with Gasteiger partial charge in [0.05, 0.1) is 0 Å². The van der Waals surface area contributed by atoms with Gasteiger partial charge in [-0.2, -0.15) is 0 Å². The SMILES string of the molecule is CCCCNCC(C)Oc1ccc(C(C)C)cc1. The molecule has 2 heteroatoms. The first-order chi connectivity index (χ1) is 8.63. The summed E-state index contributed by atoms with van der Waals surface area (Å²) in [5.41, 5.74) is 1.36. The molecule has 1 N–H and O–H groups in total. The predicted octanol–water partition coefficient (Wildman–Crippen LogP) is 3.97. The van der Waals surface area contributed by atoms with Crippen LogP contribution in [-0.2, 0) is 0 Å². The van der Waals surface area contributed by atoms with Crippen LogP contribution in [0.5, 0.6) is 5.75 Å². The Morgan fingerprint density at radius 3 is 2.33 bits per heavy atom. The summed E-state index contributed by atoms with van der Waals surface area (Å²) in [5, 5.41) is 3.41. The van der Waals surface area contributed by atoms with Gasteiger partial charge in [-0.05, 0) is 43.5 Å². The van der Waals surface area contributed by atoms with E-state index in [1.54, 1.807) is 0 Å². The van der Waals surface area contributed by atoms with E-state index in [1.165, 1.54) is 18.4 Å². The highest BCUT2D eigenvalue weighted by molar-refractivity contribution is 5.29. The van der Waals surface area contributed by atoms with Gasteiger partial charge in [-0.1, -0.05) is 39.3 Å². The van der Waals surface area contributed by atoms with E-state index in [9.17, 15) is 0 Å². The highest BCUT2D eigenvalue weighted by Gasteiger charge is 2.04. The first-order valence-electron chi connectivity index (χ1n) is 7.10. The molecule has 0 amide bonds. The van der Waals surface area contributed by atoms with Gasteiger partial charge in [0.2, 0.25) is 0 Å². The van der Waals surface area contributed by atoms with Crippen molar-refractivity contribution in [2.24, 2.45) is 0 Å². The molecule has 0 aromatic heterocycles. The molecule has 0 aliphatic rings. The van der Waals surface area contributed by atoms with Crippen LogP contribution in [-0.4, -0.2) is 19.2 Å². The molecular formula is C16H27NO. The van der Waals surface area contributed by atoms with Gasteiger partial charge in [0.1, 0.15) is 11.9 Å². The summed E-state index contributed by atoms with van der Waals surface area (Å²) < 4.78 is 5.87. The van der Waals surface area contributed by atoms with E-state index >= 15 is 0 Å². The van der Waals surface area contributed by atoms with E-state index in [2.05, 4.69) is 57.3 Å². The molecule has 0 saturated carbocycles. The minimum atomic E-state index is 0.215. The molecule has 0 bridgehead atoms. The number of hydrogen-bond donors (Lipinski definition) is 1. The van der Waals surface area contributed by atoms with Crippen molar-refractivity contribution in [1.82, 2.24) is 5.32 Å². The van der Waals surface area contributed by atoms with Gasteiger partial charge in [-0.15, -0.1) is 0 Å². The average Bonchev–Trinajstić information content (AvgIpc) is 2.35. The van der Waals surface area contributed by atoms with Gasteiger partial charge in [-0.25, -0.2) is 0 Å². The molecule has 0 radical (unpaired) electrons. The highest BCUT2D eigenvalue weighted by Crippen LogP contribution is 2.19. The Kier molecular flexibility index (Phi) is 6.81. The Morgan fingerprint density at radius 1 is 1.11 bits per heavy atom. The van der Waals surface area contributed by atoms with Crippen molar-refractivity contribution in [2.45, 2.75) is 52.6 Å². The lowest BCUT2D eigenvalue weighted by Gasteiger charge is -2.16. The lowest BCUT2D eigenvalue weighted by atomic mass is 10.0. The van der Waals surface area contributed by atoms with Crippen molar-refractivity contribution in [1.29, 1.82) is 0 Å². The van der Waals surface area contributed by atoms with Gasteiger partial charge in [-0.3, -0.25) is 0 Å². The third kappa shape index (κ3) is 5.54. The van der Waals surface area contributed by atoms with Crippen molar-refractivity contribution in [3.8, 4) is 5.75 Å². The number of ether oxygens (including phenoxy) is 1. The molecule has 1 unspecified atom stereocenters. The molecule has 0 spiro atoms. The fraction of sp³-hybridized carbons (Fsp3) is 0.625. The summed E-state index contributed by atoms with van der Waals surface area (Å²) in [6, 6.07) is 8.43. The van der Waals surface area contributed by atoms with E-state index in [4.69, 9.17) is 4.74 Å². The molecular weight excluding hydrogens is 222 g/mol. The molecule has 102 valence electrons. The Bertz CT molecular complexity index is 318. The monoisotopic (exact) mass is 249 g/mol. The molecule has 18 heavy (non-hydrogen) atoms. The zero-order valence-corrected chi connectivity index (χ0v) is 12.2. The molecule has 2 nitrogen and oxygen atoms in total. The topological polar surface area (TPSA) is 21.3 Å². The second-order valence-electron chi connectivity index (χ2n) is 5.21. The number of nitrogens with one attached hydrogen (secondary N) is 1. The maximum Gasteiger partial charge on any atom is 0.119 e. The van der Waals surface area contributed by atoms with Crippen LogP contribution in [0.25, 0.3) is 0 Å². The normalized spacial score (nSPS) is 12.7. The second-order valence-corrected chi connectivity index (χ2v) is 5.21. The van der Waals surface area contributed by atoms with Crippen molar-refractivity contribution >= 4 is 0 Å². The average molecular weight is 249 g/mol. The third-order valence-electron chi connectivity index (χ3n) is 3.02. The minimum Gasteiger partial charge on any atom is -0.489 e. The Morgan fingerprint density at radius 2 is 1.78 bits per heavy atom. The molecule has 0 heterocycles. The molecule has 1 rings (SSSR count). The van der Waals surface area contributed by atoms with E-state index in [0.717, 1.165) is 18.8 Å². The molecule has 0 saturated heterocycles. The van der Waals surface area contributed by atoms with Crippen LogP contribution in [0.2, 0.25) is 0 Å². The van der Waals surface area contributed by atoms with E-state index in [0.29, 0.717) is 5.92 Å². The van der Waals surface area contributed by atoms with Crippen molar-refractivity contribution in [3.05, 3.63) is 29.8 Å². The first kappa shape index (κ1) is 15.0. The van der Waals surface area contributed by atoms with E-state index < -0.39 is 0 Å². The lowest BCUT2D eigenvalue weighted by Crippen LogP contribution is -2.29.